The minimum atomic E-state index is -1.81. The average Bonchev–Trinajstić information content (AvgIpc) is 3.06. The van der Waals surface area contributed by atoms with Gasteiger partial charge in [-0.05, 0) is 24.1 Å². The largest absolute Gasteiger partial charge is 0.463 e. The Morgan fingerprint density at radius 1 is 1.14 bits per heavy atom. The van der Waals surface area contributed by atoms with Crippen molar-refractivity contribution in [3.05, 3.63) is 60.2 Å². The molecule has 28 heavy (non-hydrogen) atoms. The number of nitriles is 1. The summed E-state index contributed by atoms with van der Waals surface area (Å²) in [5.74, 6) is -1.24. The molecule has 0 aliphatic carbocycles. The highest BCUT2D eigenvalue weighted by Crippen LogP contribution is 2.33. The molecule has 1 heterocycles. The van der Waals surface area contributed by atoms with Crippen molar-refractivity contribution in [1.82, 2.24) is 10.3 Å². The van der Waals surface area contributed by atoms with Crippen LogP contribution in [0.25, 0.3) is 22.2 Å². The zero-order valence-corrected chi connectivity index (χ0v) is 15.8. The molecule has 0 radical (unpaired) electrons. The van der Waals surface area contributed by atoms with Crippen LogP contribution in [-0.4, -0.2) is 29.0 Å². The van der Waals surface area contributed by atoms with Crippen LogP contribution in [0.3, 0.4) is 0 Å². The second kappa shape index (κ2) is 7.97. The smallest absolute Gasteiger partial charge is 0.347 e. The summed E-state index contributed by atoms with van der Waals surface area (Å²) in [4.78, 5) is 27.8. The number of carbonyl (C=O) groups is 2. The molecule has 0 aliphatic rings. The van der Waals surface area contributed by atoms with Gasteiger partial charge in [0.15, 0.2) is 0 Å². The van der Waals surface area contributed by atoms with Gasteiger partial charge in [0.2, 0.25) is 11.4 Å². The molecule has 3 aromatic rings. The summed E-state index contributed by atoms with van der Waals surface area (Å²) in [5.41, 5.74) is 1.57. The van der Waals surface area contributed by atoms with E-state index in [1.165, 1.54) is 6.92 Å². The third-order valence-corrected chi connectivity index (χ3v) is 4.52. The summed E-state index contributed by atoms with van der Waals surface area (Å²) in [6.45, 7) is 3.05. The fourth-order valence-corrected chi connectivity index (χ4v) is 3.34. The van der Waals surface area contributed by atoms with Crippen molar-refractivity contribution < 1.29 is 14.3 Å². The molecule has 0 bridgehead atoms. The van der Waals surface area contributed by atoms with E-state index in [1.54, 1.807) is 6.92 Å². The fourth-order valence-electron chi connectivity index (χ4n) is 3.34. The van der Waals surface area contributed by atoms with Crippen molar-refractivity contribution in [2.75, 3.05) is 6.61 Å². The fraction of sp³-hybridized carbons (Fsp3) is 0.227. The number of H-pyrrole nitrogens is 1. The van der Waals surface area contributed by atoms with Crippen LogP contribution < -0.4 is 5.32 Å². The van der Waals surface area contributed by atoms with Crippen LogP contribution >= 0.6 is 0 Å². The number of hydrogen-bond donors (Lipinski definition) is 2. The molecular weight excluding hydrogens is 354 g/mol. The number of ether oxygens (including phenoxy) is 1. The van der Waals surface area contributed by atoms with Gasteiger partial charge in [0.1, 0.15) is 6.07 Å². The molecule has 1 amide bonds. The lowest BCUT2D eigenvalue weighted by atomic mass is 9.89. The Bertz CT molecular complexity index is 1050. The van der Waals surface area contributed by atoms with E-state index in [-0.39, 0.29) is 13.0 Å². The van der Waals surface area contributed by atoms with E-state index in [0.717, 1.165) is 27.7 Å². The molecule has 3 rings (SSSR count). The van der Waals surface area contributed by atoms with Gasteiger partial charge in [-0.3, -0.25) is 4.79 Å². The number of para-hydroxylation sites is 1. The van der Waals surface area contributed by atoms with Gasteiger partial charge in [0.05, 0.1) is 6.61 Å². The zero-order chi connectivity index (χ0) is 20.1. The predicted octanol–water partition coefficient (Wildman–Crippen LogP) is 3.34. The van der Waals surface area contributed by atoms with Crippen LogP contribution in [0.15, 0.2) is 54.6 Å². The van der Waals surface area contributed by atoms with Crippen LogP contribution in [-0.2, 0) is 20.7 Å². The first-order valence-corrected chi connectivity index (χ1v) is 9.03. The first-order chi connectivity index (χ1) is 13.5. The van der Waals surface area contributed by atoms with Gasteiger partial charge in [0.25, 0.3) is 0 Å². The van der Waals surface area contributed by atoms with Gasteiger partial charge in [-0.1, -0.05) is 48.5 Å². The Morgan fingerprint density at radius 2 is 1.82 bits per heavy atom. The van der Waals surface area contributed by atoms with E-state index < -0.39 is 17.4 Å². The topological polar surface area (TPSA) is 95.0 Å². The molecule has 0 spiro atoms. The number of benzene rings is 2. The summed E-state index contributed by atoms with van der Waals surface area (Å²) < 4.78 is 5.12. The molecule has 1 atom stereocenters. The number of fused-ring (bicyclic) bond motifs is 1. The third-order valence-electron chi connectivity index (χ3n) is 4.52. The summed E-state index contributed by atoms with van der Waals surface area (Å²) >= 11 is 0. The Morgan fingerprint density at radius 3 is 2.46 bits per heavy atom. The minimum Gasteiger partial charge on any atom is -0.463 e. The van der Waals surface area contributed by atoms with E-state index >= 15 is 0 Å². The molecule has 6 heteroatoms. The van der Waals surface area contributed by atoms with Crippen molar-refractivity contribution >= 4 is 22.8 Å². The summed E-state index contributed by atoms with van der Waals surface area (Å²) in [7, 11) is 0. The molecule has 2 aromatic carbocycles. The van der Waals surface area contributed by atoms with Crippen molar-refractivity contribution in [3.63, 3.8) is 0 Å². The number of aromatic amines is 1. The summed E-state index contributed by atoms with van der Waals surface area (Å²) in [6, 6.07) is 19.3. The maximum absolute atomic E-state index is 12.7. The molecule has 1 aromatic heterocycles. The van der Waals surface area contributed by atoms with Crippen molar-refractivity contribution in [3.8, 4) is 17.3 Å². The van der Waals surface area contributed by atoms with Gasteiger partial charge in [-0.2, -0.15) is 5.26 Å². The number of carbonyl (C=O) groups excluding carboxylic acids is 2. The third kappa shape index (κ3) is 3.60. The van der Waals surface area contributed by atoms with Gasteiger partial charge in [-0.25, -0.2) is 4.79 Å². The second-order valence-corrected chi connectivity index (χ2v) is 6.49. The molecule has 0 saturated carbocycles. The van der Waals surface area contributed by atoms with Gasteiger partial charge in [0, 0.05) is 29.9 Å². The number of nitrogens with one attached hydrogen (secondary N) is 2. The maximum Gasteiger partial charge on any atom is 0.347 e. The Hall–Kier alpha value is -3.59. The quantitative estimate of drug-likeness (QED) is 0.646. The van der Waals surface area contributed by atoms with Crippen LogP contribution in [0.5, 0.6) is 0 Å². The normalized spacial score (nSPS) is 12.8. The molecule has 0 saturated heterocycles. The van der Waals surface area contributed by atoms with E-state index in [9.17, 15) is 14.9 Å². The Kier molecular flexibility index (Phi) is 5.46. The number of rotatable bonds is 6. The standard InChI is InChI=1S/C22H21N3O3/c1-3-28-21(27)22(14-23,25-15(2)26)13-18-17-11-7-8-12-19(17)24-20(18)16-9-5-4-6-10-16/h4-12,24H,3,13H2,1-2H3,(H,25,26). The lowest BCUT2D eigenvalue weighted by Gasteiger charge is -2.25. The van der Waals surface area contributed by atoms with Crippen LogP contribution in [0.2, 0.25) is 0 Å². The predicted molar refractivity (Wildman–Crippen MR) is 106 cm³/mol. The second-order valence-electron chi connectivity index (χ2n) is 6.49. The number of hydrogen-bond acceptors (Lipinski definition) is 4. The molecule has 0 aliphatic heterocycles. The van der Waals surface area contributed by atoms with Crippen LogP contribution in [0, 0.1) is 11.3 Å². The Balaban J connectivity index is 2.19. The molecule has 6 nitrogen and oxygen atoms in total. The molecular formula is C22H21N3O3. The lowest BCUT2D eigenvalue weighted by molar-refractivity contribution is -0.150. The first-order valence-electron chi connectivity index (χ1n) is 9.03. The molecule has 0 fully saturated rings. The van der Waals surface area contributed by atoms with Crippen molar-refractivity contribution in [2.24, 2.45) is 0 Å². The highest BCUT2D eigenvalue weighted by molar-refractivity contribution is 5.95. The molecule has 2 N–H and O–H groups in total. The van der Waals surface area contributed by atoms with E-state index in [2.05, 4.69) is 10.3 Å². The maximum atomic E-state index is 12.7. The van der Waals surface area contributed by atoms with Crippen LogP contribution in [0.4, 0.5) is 0 Å². The van der Waals surface area contributed by atoms with E-state index in [1.807, 2.05) is 60.7 Å². The van der Waals surface area contributed by atoms with Gasteiger partial charge >= 0.3 is 5.97 Å². The molecule has 142 valence electrons. The van der Waals surface area contributed by atoms with Crippen molar-refractivity contribution in [2.45, 2.75) is 25.8 Å². The Labute approximate surface area is 163 Å². The number of aromatic nitrogens is 1. The highest BCUT2D eigenvalue weighted by atomic mass is 16.5. The molecule has 1 unspecified atom stereocenters. The number of esters is 1. The van der Waals surface area contributed by atoms with E-state index in [4.69, 9.17) is 4.74 Å². The highest BCUT2D eigenvalue weighted by Gasteiger charge is 2.43. The summed E-state index contributed by atoms with van der Waals surface area (Å²) in [6.07, 6.45) is -0.0177. The average molecular weight is 375 g/mol. The van der Waals surface area contributed by atoms with Crippen LogP contribution in [0.1, 0.15) is 19.4 Å². The van der Waals surface area contributed by atoms with Gasteiger partial charge in [-0.15, -0.1) is 0 Å². The SMILES string of the molecule is CCOC(=O)C(C#N)(Cc1c(-c2ccccc2)[nH]c2ccccc12)NC(C)=O. The first kappa shape index (κ1) is 19.2. The monoisotopic (exact) mass is 375 g/mol. The number of amides is 1. The van der Waals surface area contributed by atoms with E-state index in [0.29, 0.717) is 0 Å². The van der Waals surface area contributed by atoms with Crippen molar-refractivity contribution in [1.29, 1.82) is 5.26 Å². The summed E-state index contributed by atoms with van der Waals surface area (Å²) in [5, 5.41) is 13.3. The zero-order valence-electron chi connectivity index (χ0n) is 15.8. The van der Waals surface area contributed by atoms with Gasteiger partial charge < -0.3 is 15.0 Å². The number of nitrogens with zero attached hydrogens (tertiary/aromatic N) is 1. The lowest BCUT2D eigenvalue weighted by Crippen LogP contribution is -2.55. The minimum absolute atomic E-state index is 0.0177.